The number of aromatic nitrogens is 2. The van der Waals surface area contributed by atoms with Crippen LogP contribution >= 0.6 is 11.3 Å². The van der Waals surface area contributed by atoms with Crippen LogP contribution in [0, 0.1) is 31.4 Å². The minimum absolute atomic E-state index is 0.0708. The number of pyridine rings is 1. The lowest BCUT2D eigenvalue weighted by Crippen LogP contribution is -2.30. The van der Waals surface area contributed by atoms with Crippen LogP contribution in [-0.2, 0) is 14.8 Å². The average Bonchev–Trinajstić information content (AvgIpc) is 3.17. The first-order valence-electron chi connectivity index (χ1n) is 10.9. The van der Waals surface area contributed by atoms with Gasteiger partial charge in [0.25, 0.3) is 10.0 Å². The number of ether oxygens (including phenoxy) is 1. The van der Waals surface area contributed by atoms with Crippen LogP contribution in [-0.4, -0.2) is 37.6 Å². The predicted molar refractivity (Wildman–Crippen MR) is 129 cm³/mol. The van der Waals surface area contributed by atoms with Crippen molar-refractivity contribution in [3.63, 3.8) is 0 Å². The van der Waals surface area contributed by atoms with Crippen LogP contribution in [0.3, 0.4) is 0 Å². The highest BCUT2D eigenvalue weighted by Gasteiger charge is 2.24. The number of sulfonamides is 1. The van der Waals surface area contributed by atoms with Gasteiger partial charge in [0, 0.05) is 19.3 Å². The molecule has 11 heteroatoms. The Balaban J connectivity index is 1.61. The molecular formula is C23H26F2N4O3S2. The van der Waals surface area contributed by atoms with Gasteiger partial charge >= 0.3 is 0 Å². The highest BCUT2D eigenvalue weighted by molar-refractivity contribution is 7.92. The third-order valence-electron chi connectivity index (χ3n) is 5.95. The summed E-state index contributed by atoms with van der Waals surface area (Å²) in [6.45, 7) is 7.15. The minimum atomic E-state index is -4.26. The second-order valence-corrected chi connectivity index (χ2v) is 11.0. The molecule has 1 aromatic carbocycles. The number of hydrogen-bond donors (Lipinski definition) is 2. The third kappa shape index (κ3) is 5.21. The van der Waals surface area contributed by atoms with E-state index in [1.54, 1.807) is 13.0 Å². The lowest BCUT2D eigenvalue weighted by atomic mass is 9.93. The van der Waals surface area contributed by atoms with E-state index in [0.29, 0.717) is 17.0 Å². The van der Waals surface area contributed by atoms with Crippen molar-refractivity contribution in [3.8, 4) is 10.4 Å². The lowest BCUT2D eigenvalue weighted by Gasteiger charge is -2.28. The van der Waals surface area contributed by atoms with Crippen molar-refractivity contribution in [1.29, 1.82) is 0 Å². The van der Waals surface area contributed by atoms with E-state index < -0.39 is 27.3 Å². The van der Waals surface area contributed by atoms with Gasteiger partial charge in [-0.3, -0.25) is 9.71 Å². The summed E-state index contributed by atoms with van der Waals surface area (Å²) in [5, 5.41) is 4.24. The van der Waals surface area contributed by atoms with Crippen LogP contribution in [0.1, 0.15) is 31.0 Å². The summed E-state index contributed by atoms with van der Waals surface area (Å²) < 4.78 is 61.5. The van der Waals surface area contributed by atoms with Crippen molar-refractivity contribution >= 4 is 32.2 Å². The van der Waals surface area contributed by atoms with Gasteiger partial charge in [-0.2, -0.15) is 0 Å². The first-order valence-corrected chi connectivity index (χ1v) is 13.2. The minimum Gasteiger partial charge on any atom is -0.381 e. The van der Waals surface area contributed by atoms with Gasteiger partial charge in [-0.1, -0.05) is 23.5 Å². The molecule has 3 heterocycles. The number of hydrogen-bond acceptors (Lipinski definition) is 7. The normalized spacial score (nSPS) is 15.8. The summed E-state index contributed by atoms with van der Waals surface area (Å²) in [7, 11) is -4.26. The van der Waals surface area contributed by atoms with Crippen molar-refractivity contribution in [2.24, 2.45) is 5.92 Å². The van der Waals surface area contributed by atoms with Gasteiger partial charge in [-0.05, 0) is 56.7 Å². The Morgan fingerprint density at radius 3 is 2.50 bits per heavy atom. The molecule has 7 nitrogen and oxygen atoms in total. The third-order valence-corrected chi connectivity index (χ3v) is 8.58. The van der Waals surface area contributed by atoms with E-state index >= 15 is 0 Å². The highest BCUT2D eigenvalue weighted by atomic mass is 32.2. The van der Waals surface area contributed by atoms with Crippen LogP contribution in [0.2, 0.25) is 0 Å². The fraction of sp³-hybridized carbons (Fsp3) is 0.391. The van der Waals surface area contributed by atoms with Gasteiger partial charge < -0.3 is 10.1 Å². The van der Waals surface area contributed by atoms with Gasteiger partial charge in [0.2, 0.25) is 0 Å². The molecule has 0 saturated carbocycles. The number of thiazole rings is 1. The van der Waals surface area contributed by atoms with E-state index in [1.165, 1.54) is 17.4 Å². The zero-order valence-corrected chi connectivity index (χ0v) is 20.7. The molecule has 0 spiro atoms. The number of aryl methyl sites for hydroxylation is 2. The van der Waals surface area contributed by atoms with E-state index in [9.17, 15) is 17.2 Å². The summed E-state index contributed by atoms with van der Waals surface area (Å²) in [6.07, 6.45) is 3.49. The molecule has 3 aromatic rings. The standard InChI is InChI=1S/C23H26F2N4O3S2/c1-13-4-5-17(10-20(13)34(30,31)29-21-18(24)11-26-12-19(21)25)22-15(3)28-23(33-22)27-14(2)16-6-8-32-9-7-16/h4-5,10-12,14,16H,6-9H2,1-3H3,(H,26,29)(H,27,28). The second kappa shape index (κ2) is 9.93. The summed E-state index contributed by atoms with van der Waals surface area (Å²) in [4.78, 5) is 8.76. The number of anilines is 2. The van der Waals surface area contributed by atoms with Crippen LogP contribution < -0.4 is 10.0 Å². The number of nitrogens with zero attached hydrogens (tertiary/aromatic N) is 2. The lowest BCUT2D eigenvalue weighted by molar-refractivity contribution is 0.0622. The fourth-order valence-electron chi connectivity index (χ4n) is 3.98. The van der Waals surface area contributed by atoms with Crippen molar-refractivity contribution in [1.82, 2.24) is 9.97 Å². The molecule has 2 N–H and O–H groups in total. The largest absolute Gasteiger partial charge is 0.381 e. The summed E-state index contributed by atoms with van der Waals surface area (Å²) in [5.41, 5.74) is 1.10. The highest BCUT2D eigenvalue weighted by Crippen LogP contribution is 2.36. The SMILES string of the molecule is Cc1ccc(-c2sc(NC(C)C3CCOCC3)nc2C)cc1S(=O)(=O)Nc1c(F)cncc1F. The smallest absolute Gasteiger partial charge is 0.262 e. The molecule has 1 saturated heterocycles. The maximum absolute atomic E-state index is 14.0. The fourth-order valence-corrected chi connectivity index (χ4v) is 6.39. The molecule has 1 aliphatic rings. The van der Waals surface area contributed by atoms with Gasteiger partial charge in [0.15, 0.2) is 16.8 Å². The monoisotopic (exact) mass is 508 g/mol. The summed E-state index contributed by atoms with van der Waals surface area (Å²) >= 11 is 1.44. The molecule has 182 valence electrons. The maximum Gasteiger partial charge on any atom is 0.262 e. The zero-order chi connectivity index (χ0) is 24.5. The Kier molecular flexibility index (Phi) is 7.15. The molecule has 1 aliphatic heterocycles. The molecule has 1 fully saturated rings. The van der Waals surface area contributed by atoms with Gasteiger partial charge in [0.05, 0.1) is 27.9 Å². The van der Waals surface area contributed by atoms with Crippen molar-refractivity contribution in [2.45, 2.75) is 44.6 Å². The Labute approximate surface area is 201 Å². The van der Waals surface area contributed by atoms with Gasteiger partial charge in [0.1, 0.15) is 5.69 Å². The summed E-state index contributed by atoms with van der Waals surface area (Å²) in [6, 6.07) is 5.21. The Hall–Kier alpha value is -2.63. The second-order valence-electron chi connectivity index (χ2n) is 8.38. The van der Waals surface area contributed by atoms with E-state index in [4.69, 9.17) is 4.74 Å². The molecule has 34 heavy (non-hydrogen) atoms. The Bertz CT molecular complexity index is 1270. The molecule has 1 atom stereocenters. The van der Waals surface area contributed by atoms with E-state index in [2.05, 4.69) is 22.2 Å². The van der Waals surface area contributed by atoms with Crippen LogP contribution in [0.15, 0.2) is 35.5 Å². The molecule has 2 aromatic heterocycles. The number of halogens is 2. The molecular weight excluding hydrogens is 482 g/mol. The molecule has 0 radical (unpaired) electrons. The predicted octanol–water partition coefficient (Wildman–Crippen LogP) is 5.13. The Morgan fingerprint density at radius 1 is 1.15 bits per heavy atom. The molecule has 4 rings (SSSR count). The first-order chi connectivity index (χ1) is 16.2. The van der Waals surface area contributed by atoms with Crippen molar-refractivity contribution < 1.29 is 21.9 Å². The van der Waals surface area contributed by atoms with E-state index in [1.807, 2.05) is 17.7 Å². The van der Waals surface area contributed by atoms with Crippen molar-refractivity contribution in [3.05, 3.63) is 53.5 Å². The van der Waals surface area contributed by atoms with Crippen LogP contribution in [0.25, 0.3) is 10.4 Å². The number of rotatable bonds is 7. The number of nitrogens with one attached hydrogen (secondary N) is 2. The Morgan fingerprint density at radius 2 is 1.82 bits per heavy atom. The van der Waals surface area contributed by atoms with E-state index in [-0.39, 0.29) is 10.9 Å². The number of benzene rings is 1. The van der Waals surface area contributed by atoms with Crippen LogP contribution in [0.4, 0.5) is 19.6 Å². The van der Waals surface area contributed by atoms with Gasteiger partial charge in [-0.15, -0.1) is 0 Å². The molecule has 0 bridgehead atoms. The quantitative estimate of drug-likeness (QED) is 0.460. The average molecular weight is 509 g/mol. The topological polar surface area (TPSA) is 93.2 Å². The van der Waals surface area contributed by atoms with E-state index in [0.717, 1.165) is 54.2 Å². The summed E-state index contributed by atoms with van der Waals surface area (Å²) in [5.74, 6) is -1.69. The molecule has 0 amide bonds. The van der Waals surface area contributed by atoms with Gasteiger partial charge in [-0.25, -0.2) is 22.2 Å². The maximum atomic E-state index is 14.0. The van der Waals surface area contributed by atoms with Crippen molar-refractivity contribution in [2.75, 3.05) is 23.3 Å². The molecule has 1 unspecified atom stereocenters. The zero-order valence-electron chi connectivity index (χ0n) is 19.1. The van der Waals surface area contributed by atoms with Crippen LogP contribution in [0.5, 0.6) is 0 Å². The first kappa shape index (κ1) is 24.5. The molecule has 0 aliphatic carbocycles.